The minimum absolute atomic E-state index is 0.158. The summed E-state index contributed by atoms with van der Waals surface area (Å²) in [7, 11) is 0. The van der Waals surface area contributed by atoms with Crippen LogP contribution >= 0.6 is 0 Å². The van der Waals surface area contributed by atoms with Gasteiger partial charge in [0, 0.05) is 23.7 Å². The Labute approximate surface area is 162 Å². The third-order valence-corrected chi connectivity index (χ3v) is 3.82. The molecule has 0 aliphatic rings. The fourth-order valence-corrected chi connectivity index (χ4v) is 2.24. The molecule has 0 saturated heterocycles. The first kappa shape index (κ1) is 20.2. The molecule has 3 aromatic heterocycles. The van der Waals surface area contributed by atoms with Crippen molar-refractivity contribution in [3.05, 3.63) is 63.9 Å². The molecule has 0 aliphatic heterocycles. The summed E-state index contributed by atoms with van der Waals surface area (Å²) in [5, 5.41) is 10.1. The summed E-state index contributed by atoms with van der Waals surface area (Å²) in [6, 6.07) is 5.57. The molecule has 152 valence electrons. The zero-order valence-electron chi connectivity index (χ0n) is 15.6. The van der Waals surface area contributed by atoms with Gasteiger partial charge in [-0.15, -0.1) is 0 Å². The molecule has 3 heterocycles. The molecule has 0 fully saturated rings. The van der Waals surface area contributed by atoms with E-state index in [0.29, 0.717) is 12.0 Å². The number of aromatic nitrogens is 4. The molecule has 0 bridgehead atoms. The van der Waals surface area contributed by atoms with E-state index in [4.69, 9.17) is 4.52 Å². The van der Waals surface area contributed by atoms with Gasteiger partial charge in [0.2, 0.25) is 0 Å². The highest BCUT2D eigenvalue weighted by Crippen LogP contribution is 2.28. The second-order valence-corrected chi connectivity index (χ2v) is 7.15. The number of pyridine rings is 1. The lowest BCUT2D eigenvalue weighted by atomic mass is 9.93. The van der Waals surface area contributed by atoms with Crippen molar-refractivity contribution < 1.29 is 22.5 Å². The predicted octanol–water partition coefficient (Wildman–Crippen LogP) is 3.18. The highest BCUT2D eigenvalue weighted by atomic mass is 19.4. The standard InChI is InChI=1S/C18H16F3N5O3/c1-17(2,3)12-8-13(25-29-12)23-16(28)11-5-7-15(27)26(24-11)14-6-4-10(9-22-14)18(19,20)21/h4-9H,1-3H3,(H,23,25,28). The lowest BCUT2D eigenvalue weighted by Gasteiger charge is -2.12. The summed E-state index contributed by atoms with van der Waals surface area (Å²) in [5.41, 5.74) is -2.10. The summed E-state index contributed by atoms with van der Waals surface area (Å²) in [6.45, 7) is 5.73. The maximum absolute atomic E-state index is 12.7. The molecule has 0 spiro atoms. The Morgan fingerprint density at radius 1 is 1.14 bits per heavy atom. The van der Waals surface area contributed by atoms with Crippen LogP contribution in [0.15, 0.2) is 45.8 Å². The quantitative estimate of drug-likeness (QED) is 0.715. The molecule has 11 heteroatoms. The van der Waals surface area contributed by atoms with Gasteiger partial charge in [-0.05, 0) is 18.2 Å². The van der Waals surface area contributed by atoms with Gasteiger partial charge in [-0.25, -0.2) is 4.98 Å². The van der Waals surface area contributed by atoms with E-state index >= 15 is 0 Å². The minimum atomic E-state index is -4.56. The van der Waals surface area contributed by atoms with Gasteiger partial charge in [0.05, 0.1) is 5.56 Å². The SMILES string of the molecule is CC(C)(C)c1cc(NC(=O)c2ccc(=O)n(-c3ccc(C(F)(F)F)cn3)n2)no1. The summed E-state index contributed by atoms with van der Waals surface area (Å²) in [6.07, 6.45) is -3.98. The number of halogens is 3. The Kier molecular flexibility index (Phi) is 4.99. The fraction of sp³-hybridized carbons (Fsp3) is 0.278. The number of anilines is 1. The van der Waals surface area contributed by atoms with Crippen molar-refractivity contribution in [2.45, 2.75) is 32.4 Å². The van der Waals surface area contributed by atoms with Crippen LogP contribution < -0.4 is 10.9 Å². The van der Waals surface area contributed by atoms with Gasteiger partial charge in [-0.1, -0.05) is 25.9 Å². The largest absolute Gasteiger partial charge is 0.417 e. The number of carbonyl (C=O) groups excluding carboxylic acids is 1. The first-order valence-corrected chi connectivity index (χ1v) is 8.38. The molecule has 1 amide bonds. The van der Waals surface area contributed by atoms with E-state index in [-0.39, 0.29) is 22.7 Å². The van der Waals surface area contributed by atoms with E-state index in [0.717, 1.165) is 22.9 Å². The lowest BCUT2D eigenvalue weighted by Crippen LogP contribution is -2.25. The van der Waals surface area contributed by atoms with Crippen LogP contribution in [0.1, 0.15) is 42.6 Å². The monoisotopic (exact) mass is 407 g/mol. The molecule has 0 radical (unpaired) electrons. The Morgan fingerprint density at radius 3 is 2.41 bits per heavy atom. The zero-order valence-corrected chi connectivity index (χ0v) is 15.6. The molecule has 0 atom stereocenters. The van der Waals surface area contributed by atoms with Crippen LogP contribution in [0.4, 0.5) is 19.0 Å². The molecule has 0 aromatic carbocycles. The third kappa shape index (κ3) is 4.50. The second-order valence-electron chi connectivity index (χ2n) is 7.15. The Morgan fingerprint density at radius 2 is 1.86 bits per heavy atom. The van der Waals surface area contributed by atoms with Crippen LogP contribution in [0, 0.1) is 0 Å². The van der Waals surface area contributed by atoms with Crippen LogP contribution in [0.2, 0.25) is 0 Å². The van der Waals surface area contributed by atoms with Crippen LogP contribution in [-0.2, 0) is 11.6 Å². The Balaban J connectivity index is 1.86. The molecule has 0 aliphatic carbocycles. The van der Waals surface area contributed by atoms with E-state index in [1.165, 1.54) is 6.07 Å². The average Bonchev–Trinajstić information content (AvgIpc) is 3.10. The second kappa shape index (κ2) is 7.15. The topological polar surface area (TPSA) is 103 Å². The van der Waals surface area contributed by atoms with Crippen LogP contribution in [0.5, 0.6) is 0 Å². The number of hydrogen-bond donors (Lipinski definition) is 1. The molecule has 8 nitrogen and oxygen atoms in total. The van der Waals surface area contributed by atoms with E-state index in [1.54, 1.807) is 6.07 Å². The number of nitrogens with zero attached hydrogens (tertiary/aromatic N) is 4. The van der Waals surface area contributed by atoms with Gasteiger partial charge in [0.15, 0.2) is 11.6 Å². The van der Waals surface area contributed by atoms with Gasteiger partial charge < -0.3 is 9.84 Å². The lowest BCUT2D eigenvalue weighted by molar-refractivity contribution is -0.137. The Hall–Kier alpha value is -3.50. The minimum Gasteiger partial charge on any atom is -0.359 e. The van der Waals surface area contributed by atoms with E-state index in [1.807, 2.05) is 20.8 Å². The fourth-order valence-electron chi connectivity index (χ4n) is 2.24. The smallest absolute Gasteiger partial charge is 0.359 e. The van der Waals surface area contributed by atoms with Gasteiger partial charge >= 0.3 is 6.18 Å². The molecule has 1 N–H and O–H groups in total. The van der Waals surface area contributed by atoms with E-state index < -0.39 is 23.2 Å². The molecular formula is C18H16F3N5O3. The van der Waals surface area contributed by atoms with Gasteiger partial charge in [0.1, 0.15) is 11.5 Å². The summed E-state index contributed by atoms with van der Waals surface area (Å²) in [5.74, 6) is -0.125. The molecule has 3 aromatic rings. The van der Waals surface area contributed by atoms with Crippen molar-refractivity contribution in [2.75, 3.05) is 5.32 Å². The number of alkyl halides is 3. The molecular weight excluding hydrogens is 391 g/mol. The van der Waals surface area contributed by atoms with E-state index in [2.05, 4.69) is 20.6 Å². The van der Waals surface area contributed by atoms with Crippen molar-refractivity contribution in [1.82, 2.24) is 19.9 Å². The van der Waals surface area contributed by atoms with Crippen LogP contribution in [0.25, 0.3) is 5.82 Å². The van der Waals surface area contributed by atoms with Gasteiger partial charge in [-0.2, -0.15) is 23.0 Å². The number of nitrogens with one attached hydrogen (secondary N) is 1. The summed E-state index contributed by atoms with van der Waals surface area (Å²) in [4.78, 5) is 28.1. The first-order chi connectivity index (χ1) is 13.4. The maximum atomic E-state index is 12.7. The van der Waals surface area contributed by atoms with Crippen molar-refractivity contribution in [3.8, 4) is 5.82 Å². The van der Waals surface area contributed by atoms with Gasteiger partial charge in [-0.3, -0.25) is 9.59 Å². The predicted molar refractivity (Wildman–Crippen MR) is 95.8 cm³/mol. The molecule has 0 saturated carbocycles. The van der Waals surface area contributed by atoms with Crippen molar-refractivity contribution in [1.29, 1.82) is 0 Å². The molecule has 0 unspecified atom stereocenters. The highest BCUT2D eigenvalue weighted by molar-refractivity contribution is 6.02. The normalized spacial score (nSPS) is 12.1. The molecule has 3 rings (SSSR count). The maximum Gasteiger partial charge on any atom is 0.417 e. The number of amides is 1. The molecule has 29 heavy (non-hydrogen) atoms. The summed E-state index contributed by atoms with van der Waals surface area (Å²) >= 11 is 0. The van der Waals surface area contributed by atoms with Crippen LogP contribution in [0.3, 0.4) is 0 Å². The van der Waals surface area contributed by atoms with Crippen molar-refractivity contribution in [2.24, 2.45) is 0 Å². The first-order valence-electron chi connectivity index (χ1n) is 8.38. The van der Waals surface area contributed by atoms with Crippen molar-refractivity contribution >= 4 is 11.7 Å². The highest BCUT2D eigenvalue weighted by Gasteiger charge is 2.30. The number of hydrogen-bond acceptors (Lipinski definition) is 6. The summed E-state index contributed by atoms with van der Waals surface area (Å²) < 4.78 is 43.9. The third-order valence-electron chi connectivity index (χ3n) is 3.82. The van der Waals surface area contributed by atoms with Crippen molar-refractivity contribution in [3.63, 3.8) is 0 Å². The zero-order chi connectivity index (χ0) is 21.4. The average molecular weight is 407 g/mol. The van der Waals surface area contributed by atoms with Gasteiger partial charge in [0.25, 0.3) is 11.5 Å². The van der Waals surface area contributed by atoms with E-state index in [9.17, 15) is 22.8 Å². The van der Waals surface area contributed by atoms with Crippen LogP contribution in [-0.4, -0.2) is 25.8 Å². The Bertz CT molecular complexity index is 1100. The number of carbonyl (C=O) groups is 1. The number of rotatable bonds is 3.